The van der Waals surface area contributed by atoms with Crippen molar-refractivity contribution >= 4 is 17.2 Å². The molecule has 0 aliphatic carbocycles. The first-order valence-electron chi connectivity index (χ1n) is 7.48. The molecule has 3 heterocycles. The summed E-state index contributed by atoms with van der Waals surface area (Å²) in [5, 5.41) is 8.22. The number of nitrogens with zero attached hydrogens (tertiary/aromatic N) is 4. The average molecular weight is 319 g/mol. The first kappa shape index (κ1) is 15.2. The molecule has 1 N–H and O–H groups in total. The summed E-state index contributed by atoms with van der Waals surface area (Å²) in [6, 6.07) is 0. The molecule has 2 aromatic heterocycles. The predicted molar refractivity (Wildman–Crippen MR) is 87.0 cm³/mol. The molecule has 6 nitrogen and oxygen atoms in total. The van der Waals surface area contributed by atoms with Crippen LogP contribution in [-0.4, -0.2) is 52.3 Å². The summed E-state index contributed by atoms with van der Waals surface area (Å²) in [6.07, 6.45) is 4.77. The highest BCUT2D eigenvalue weighted by molar-refractivity contribution is 7.17. The predicted octanol–water partition coefficient (Wildman–Crippen LogP) is 1.53. The number of hydrogen-bond acceptors (Lipinski definition) is 5. The molecule has 1 aliphatic heterocycles. The highest BCUT2D eigenvalue weighted by atomic mass is 32.1. The molecule has 0 bridgehead atoms. The van der Waals surface area contributed by atoms with Gasteiger partial charge in [0.2, 0.25) is 0 Å². The van der Waals surface area contributed by atoms with E-state index in [4.69, 9.17) is 0 Å². The van der Waals surface area contributed by atoms with Crippen LogP contribution in [0.3, 0.4) is 0 Å². The Kier molecular flexibility index (Phi) is 4.26. The zero-order valence-corrected chi connectivity index (χ0v) is 14.0. The minimum Gasteiger partial charge on any atom is -0.338 e. The maximum atomic E-state index is 12.7. The topological polar surface area (TPSA) is 63.1 Å². The van der Waals surface area contributed by atoms with Crippen LogP contribution in [0.15, 0.2) is 12.4 Å². The summed E-state index contributed by atoms with van der Waals surface area (Å²) < 4.78 is 1.75. The molecule has 2 aromatic rings. The Hall–Kier alpha value is -1.73. The Morgan fingerprint density at radius 3 is 3.05 bits per heavy atom. The van der Waals surface area contributed by atoms with Crippen LogP contribution in [0.5, 0.6) is 0 Å². The van der Waals surface area contributed by atoms with Gasteiger partial charge < -0.3 is 10.2 Å². The maximum absolute atomic E-state index is 12.7. The number of carbonyl (C=O) groups is 1. The largest absolute Gasteiger partial charge is 0.338 e. The third kappa shape index (κ3) is 2.91. The molecule has 7 heteroatoms. The monoisotopic (exact) mass is 319 g/mol. The van der Waals surface area contributed by atoms with Gasteiger partial charge in [0, 0.05) is 31.9 Å². The zero-order valence-electron chi connectivity index (χ0n) is 13.2. The molecule has 3 rings (SSSR count). The SMILES string of the molecule is CNCC1CCN(C(=O)c2sc(-c3cnn(C)c3)nc2C)C1. The molecule has 1 amide bonds. The van der Waals surface area contributed by atoms with Crippen LogP contribution in [0.25, 0.3) is 10.6 Å². The molecule has 1 unspecified atom stereocenters. The van der Waals surface area contributed by atoms with Crippen LogP contribution in [0.4, 0.5) is 0 Å². The lowest BCUT2D eigenvalue weighted by Crippen LogP contribution is -2.30. The van der Waals surface area contributed by atoms with E-state index in [1.165, 1.54) is 11.3 Å². The standard InChI is InChI=1S/C15H21N5OS/c1-10-13(15(21)20-5-4-11(8-20)6-16-2)22-14(18-10)12-7-17-19(3)9-12/h7,9,11,16H,4-6,8H2,1-3H3. The number of nitrogens with one attached hydrogen (secondary N) is 1. The number of aryl methyl sites for hydroxylation is 2. The van der Waals surface area contributed by atoms with Gasteiger partial charge in [-0.15, -0.1) is 11.3 Å². The van der Waals surface area contributed by atoms with E-state index in [0.717, 1.165) is 47.2 Å². The van der Waals surface area contributed by atoms with Gasteiger partial charge in [-0.2, -0.15) is 5.10 Å². The Morgan fingerprint density at radius 2 is 2.36 bits per heavy atom. The van der Waals surface area contributed by atoms with Gasteiger partial charge in [-0.1, -0.05) is 0 Å². The Morgan fingerprint density at radius 1 is 1.55 bits per heavy atom. The van der Waals surface area contributed by atoms with E-state index in [-0.39, 0.29) is 5.91 Å². The van der Waals surface area contributed by atoms with Crippen LogP contribution in [0.1, 0.15) is 21.8 Å². The number of amides is 1. The third-order valence-corrected chi connectivity index (χ3v) is 5.20. The second kappa shape index (κ2) is 6.18. The highest BCUT2D eigenvalue weighted by Crippen LogP contribution is 2.29. The van der Waals surface area contributed by atoms with Crippen molar-refractivity contribution in [2.24, 2.45) is 13.0 Å². The van der Waals surface area contributed by atoms with Crippen LogP contribution in [0.2, 0.25) is 0 Å². The quantitative estimate of drug-likeness (QED) is 0.928. The molecule has 1 fully saturated rings. The Bertz CT molecular complexity index is 677. The van der Waals surface area contributed by atoms with Crippen LogP contribution < -0.4 is 5.32 Å². The first-order valence-corrected chi connectivity index (χ1v) is 8.30. The molecule has 1 atom stereocenters. The number of rotatable bonds is 4. The van der Waals surface area contributed by atoms with E-state index in [9.17, 15) is 4.79 Å². The van der Waals surface area contributed by atoms with E-state index in [1.54, 1.807) is 10.9 Å². The van der Waals surface area contributed by atoms with Gasteiger partial charge >= 0.3 is 0 Å². The molecule has 0 aromatic carbocycles. The van der Waals surface area contributed by atoms with Crippen LogP contribution >= 0.6 is 11.3 Å². The Labute approximate surface area is 134 Å². The molecular weight excluding hydrogens is 298 g/mol. The van der Waals surface area contributed by atoms with Gasteiger partial charge in [0.1, 0.15) is 9.88 Å². The smallest absolute Gasteiger partial charge is 0.265 e. The summed E-state index contributed by atoms with van der Waals surface area (Å²) >= 11 is 1.46. The van der Waals surface area contributed by atoms with E-state index in [1.807, 2.05) is 32.1 Å². The zero-order chi connectivity index (χ0) is 15.7. The summed E-state index contributed by atoms with van der Waals surface area (Å²) in [5.41, 5.74) is 1.77. The van der Waals surface area contributed by atoms with Crippen LogP contribution in [0, 0.1) is 12.8 Å². The first-order chi connectivity index (χ1) is 10.6. The van der Waals surface area contributed by atoms with E-state index in [2.05, 4.69) is 15.4 Å². The summed E-state index contributed by atoms with van der Waals surface area (Å²) in [7, 11) is 3.83. The van der Waals surface area contributed by atoms with Crippen molar-refractivity contribution in [2.45, 2.75) is 13.3 Å². The van der Waals surface area contributed by atoms with Crippen molar-refractivity contribution in [3.63, 3.8) is 0 Å². The van der Waals surface area contributed by atoms with Gasteiger partial charge in [0.05, 0.1) is 11.9 Å². The molecule has 0 spiro atoms. The summed E-state index contributed by atoms with van der Waals surface area (Å²) in [6.45, 7) is 4.54. The lowest BCUT2D eigenvalue weighted by Gasteiger charge is -2.15. The molecule has 118 valence electrons. The fourth-order valence-corrected chi connectivity index (χ4v) is 3.87. The molecule has 0 saturated carbocycles. The minimum absolute atomic E-state index is 0.115. The van der Waals surface area contributed by atoms with Crippen molar-refractivity contribution in [1.82, 2.24) is 25.0 Å². The van der Waals surface area contributed by atoms with Crippen molar-refractivity contribution in [2.75, 3.05) is 26.7 Å². The lowest BCUT2D eigenvalue weighted by atomic mass is 10.1. The third-order valence-electron chi connectivity index (χ3n) is 4.01. The second-order valence-corrected chi connectivity index (χ2v) is 6.80. The molecule has 22 heavy (non-hydrogen) atoms. The molecule has 1 aliphatic rings. The van der Waals surface area contributed by atoms with Crippen molar-refractivity contribution in [1.29, 1.82) is 0 Å². The Balaban J connectivity index is 1.77. The number of aromatic nitrogens is 3. The minimum atomic E-state index is 0.115. The molecule has 1 saturated heterocycles. The van der Waals surface area contributed by atoms with Gasteiger partial charge in [-0.3, -0.25) is 9.48 Å². The van der Waals surface area contributed by atoms with Crippen molar-refractivity contribution in [3.05, 3.63) is 23.0 Å². The number of thiazole rings is 1. The number of carbonyl (C=O) groups excluding carboxylic acids is 1. The highest BCUT2D eigenvalue weighted by Gasteiger charge is 2.29. The number of likely N-dealkylation sites (tertiary alicyclic amines) is 1. The normalized spacial score (nSPS) is 18.1. The van der Waals surface area contributed by atoms with E-state index in [0.29, 0.717) is 5.92 Å². The summed E-state index contributed by atoms with van der Waals surface area (Å²) in [5.74, 6) is 0.670. The van der Waals surface area contributed by atoms with Crippen LogP contribution in [-0.2, 0) is 7.05 Å². The van der Waals surface area contributed by atoms with Crippen molar-refractivity contribution in [3.8, 4) is 10.6 Å². The van der Waals surface area contributed by atoms with Gasteiger partial charge in [0.25, 0.3) is 5.91 Å². The molecular formula is C15H21N5OS. The van der Waals surface area contributed by atoms with Gasteiger partial charge in [0.15, 0.2) is 0 Å². The second-order valence-electron chi connectivity index (χ2n) is 5.80. The molecule has 0 radical (unpaired) electrons. The number of hydrogen-bond donors (Lipinski definition) is 1. The average Bonchev–Trinajstić information content (AvgIpc) is 3.19. The lowest BCUT2D eigenvalue weighted by molar-refractivity contribution is 0.0791. The van der Waals surface area contributed by atoms with Gasteiger partial charge in [-0.25, -0.2) is 4.98 Å². The summed E-state index contributed by atoms with van der Waals surface area (Å²) in [4.78, 5) is 20.0. The van der Waals surface area contributed by atoms with E-state index >= 15 is 0 Å². The maximum Gasteiger partial charge on any atom is 0.265 e. The van der Waals surface area contributed by atoms with Gasteiger partial charge in [-0.05, 0) is 32.9 Å². The fourth-order valence-electron chi connectivity index (χ4n) is 2.87. The van der Waals surface area contributed by atoms with Crippen molar-refractivity contribution < 1.29 is 4.79 Å². The van der Waals surface area contributed by atoms with E-state index < -0.39 is 0 Å². The fraction of sp³-hybridized carbons (Fsp3) is 0.533.